The number of hydrogen-bond acceptors (Lipinski definition) is 7. The molecule has 0 fully saturated rings. The largest absolute Gasteiger partial charge is 0.292 e. The van der Waals surface area contributed by atoms with E-state index >= 15 is 0 Å². The third-order valence-electron chi connectivity index (χ3n) is 9.77. The molecular weight excluding hydrogens is 739 g/mol. The lowest BCUT2D eigenvalue weighted by molar-refractivity contribution is 0.584. The summed E-state index contributed by atoms with van der Waals surface area (Å²) in [5.41, 5.74) is 6.73. The van der Waals surface area contributed by atoms with E-state index in [0.717, 1.165) is 28.3 Å². The van der Waals surface area contributed by atoms with Crippen molar-refractivity contribution in [1.29, 1.82) is 0 Å². The van der Waals surface area contributed by atoms with Crippen molar-refractivity contribution in [3.63, 3.8) is 0 Å². The van der Waals surface area contributed by atoms with Crippen LogP contribution in [-0.2, 0) is 0 Å². The summed E-state index contributed by atoms with van der Waals surface area (Å²) >= 11 is 0. The van der Waals surface area contributed by atoms with Crippen molar-refractivity contribution in [2.24, 2.45) is 0 Å². The molecule has 8 nitrogen and oxygen atoms in total. The Balaban J connectivity index is 1.27. The summed E-state index contributed by atoms with van der Waals surface area (Å²) in [5.74, 6) is 1.65. The quantitative estimate of drug-likeness (QED) is 0.152. The Hall–Kier alpha value is -8.11. The highest BCUT2D eigenvalue weighted by atomic mass is 19.1. The van der Waals surface area contributed by atoms with Crippen LogP contribution in [0.1, 0.15) is 0 Å². The van der Waals surface area contributed by atoms with Crippen molar-refractivity contribution in [2.75, 3.05) is 0 Å². The van der Waals surface area contributed by atoms with E-state index in [-0.39, 0.29) is 5.56 Å². The van der Waals surface area contributed by atoms with Gasteiger partial charge in [0, 0.05) is 50.7 Å². The van der Waals surface area contributed by atoms with Crippen molar-refractivity contribution >= 4 is 11.0 Å². The van der Waals surface area contributed by atoms with E-state index in [1.165, 1.54) is 12.1 Å². The molecule has 0 amide bonds. The molecule has 0 N–H and O–H groups in total. The van der Waals surface area contributed by atoms with Gasteiger partial charge in [-0.3, -0.25) is 4.57 Å². The van der Waals surface area contributed by atoms with Crippen LogP contribution in [-0.4, -0.2) is 39.5 Å². The second kappa shape index (κ2) is 15.1. The average Bonchev–Trinajstić information content (AvgIpc) is 3.69. The van der Waals surface area contributed by atoms with Crippen LogP contribution in [0.2, 0.25) is 0 Å². The average molecular weight is 769 g/mol. The van der Waals surface area contributed by atoms with E-state index in [1.807, 2.05) is 168 Å². The molecular formula is C49H30F2N8. The molecule has 0 aliphatic heterocycles. The van der Waals surface area contributed by atoms with E-state index in [4.69, 9.17) is 34.9 Å². The van der Waals surface area contributed by atoms with Gasteiger partial charge in [-0.2, -0.15) is 0 Å². The van der Waals surface area contributed by atoms with Crippen LogP contribution < -0.4 is 0 Å². The van der Waals surface area contributed by atoms with Gasteiger partial charge in [-0.05, 0) is 42.5 Å². The van der Waals surface area contributed by atoms with Crippen molar-refractivity contribution in [2.45, 2.75) is 0 Å². The van der Waals surface area contributed by atoms with Gasteiger partial charge in [0.15, 0.2) is 34.9 Å². The maximum absolute atomic E-state index is 14.9. The first kappa shape index (κ1) is 35.3. The normalized spacial score (nSPS) is 11.2. The molecule has 0 atom stereocenters. The van der Waals surface area contributed by atoms with Gasteiger partial charge in [-0.1, -0.05) is 133 Å². The van der Waals surface area contributed by atoms with Gasteiger partial charge >= 0.3 is 0 Å². The highest BCUT2D eigenvalue weighted by molar-refractivity contribution is 5.85. The summed E-state index contributed by atoms with van der Waals surface area (Å²) in [6, 6.07) is 55.7. The SMILES string of the molecule is Fc1cc(F)cc(-c2nc3ccccc3n2-c2cc(-c3nc(-c4ccccc4)nc(-c4ccccc4)n3)cc(-c3nc(-c4ccccc4)nc(-c4ccccc4)n3)c2)c1. The molecule has 0 saturated carbocycles. The van der Waals surface area contributed by atoms with Crippen LogP contribution in [0.4, 0.5) is 8.78 Å². The molecule has 10 rings (SSSR count). The van der Waals surface area contributed by atoms with Gasteiger partial charge in [0.2, 0.25) is 0 Å². The number of para-hydroxylation sites is 2. The Morgan fingerprint density at radius 3 is 1.07 bits per heavy atom. The number of rotatable bonds is 8. The number of hydrogen-bond donors (Lipinski definition) is 0. The molecule has 0 bridgehead atoms. The standard InChI is InChI=1S/C49H30F2N8/c50-38-26-37(27-39(51)30-38)49-52-41-23-13-14-24-42(41)59(49)40-28-35(47-55-43(31-15-5-1-6-16-31)53-44(56-47)32-17-7-2-8-18-32)25-36(29-40)48-57-45(33-19-9-3-10-20-33)54-46(58-48)34-21-11-4-12-22-34/h1-30H. The van der Waals surface area contributed by atoms with Crippen LogP contribution >= 0.6 is 0 Å². The van der Waals surface area contributed by atoms with Crippen LogP contribution in [0.15, 0.2) is 182 Å². The first-order valence-electron chi connectivity index (χ1n) is 18.9. The van der Waals surface area contributed by atoms with Gasteiger partial charge in [-0.15, -0.1) is 0 Å². The minimum absolute atomic E-state index is 0.265. The van der Waals surface area contributed by atoms with Gasteiger partial charge in [0.1, 0.15) is 17.5 Å². The predicted octanol–water partition coefficient (Wildman–Crippen LogP) is 11.3. The molecule has 0 spiro atoms. The molecule has 10 aromatic rings. The maximum Gasteiger partial charge on any atom is 0.164 e. The van der Waals surface area contributed by atoms with Crippen molar-refractivity contribution in [3.8, 4) is 85.4 Å². The fraction of sp³-hybridized carbons (Fsp3) is 0. The first-order valence-corrected chi connectivity index (χ1v) is 18.9. The molecule has 0 radical (unpaired) electrons. The van der Waals surface area contributed by atoms with Crippen LogP contribution in [0.5, 0.6) is 0 Å². The van der Waals surface area contributed by atoms with Crippen LogP contribution in [0.25, 0.3) is 96.4 Å². The topological polar surface area (TPSA) is 95.2 Å². The molecule has 7 aromatic carbocycles. The van der Waals surface area contributed by atoms with Crippen LogP contribution in [0.3, 0.4) is 0 Å². The third-order valence-corrected chi connectivity index (χ3v) is 9.77. The molecule has 59 heavy (non-hydrogen) atoms. The fourth-order valence-electron chi connectivity index (χ4n) is 7.04. The lowest BCUT2D eigenvalue weighted by Gasteiger charge is -2.15. The number of imidazole rings is 1. The summed E-state index contributed by atoms with van der Waals surface area (Å²) < 4.78 is 31.6. The highest BCUT2D eigenvalue weighted by Gasteiger charge is 2.21. The smallest absolute Gasteiger partial charge is 0.164 e. The zero-order valence-electron chi connectivity index (χ0n) is 31.2. The fourth-order valence-corrected chi connectivity index (χ4v) is 7.04. The lowest BCUT2D eigenvalue weighted by Crippen LogP contribution is -2.04. The summed E-state index contributed by atoms with van der Waals surface area (Å²) in [6.45, 7) is 0. The Morgan fingerprint density at radius 1 is 0.305 bits per heavy atom. The summed E-state index contributed by atoms with van der Waals surface area (Å²) in [6.07, 6.45) is 0. The Labute approximate surface area is 337 Å². The van der Waals surface area contributed by atoms with Crippen molar-refractivity contribution in [1.82, 2.24) is 39.5 Å². The second-order valence-electron chi connectivity index (χ2n) is 13.8. The first-order chi connectivity index (χ1) is 29.0. The number of nitrogens with zero attached hydrogens (tertiary/aromatic N) is 8. The van der Waals surface area contributed by atoms with Gasteiger partial charge in [0.05, 0.1) is 11.0 Å². The maximum atomic E-state index is 14.9. The summed E-state index contributed by atoms with van der Waals surface area (Å²) in [4.78, 5) is 34.9. The number of halogens is 2. The van der Waals surface area contributed by atoms with Crippen LogP contribution in [0, 0.1) is 11.6 Å². The van der Waals surface area contributed by atoms with Crippen molar-refractivity contribution in [3.05, 3.63) is 194 Å². The molecule has 3 heterocycles. The van der Waals surface area contributed by atoms with E-state index in [0.29, 0.717) is 68.6 Å². The van der Waals surface area contributed by atoms with E-state index in [1.54, 1.807) is 0 Å². The minimum atomic E-state index is -0.716. The second-order valence-corrected chi connectivity index (χ2v) is 13.8. The zero-order chi connectivity index (χ0) is 39.7. The number of fused-ring (bicyclic) bond motifs is 1. The Morgan fingerprint density at radius 2 is 0.661 bits per heavy atom. The molecule has 10 heteroatoms. The highest BCUT2D eigenvalue weighted by Crippen LogP contribution is 2.35. The van der Waals surface area contributed by atoms with E-state index < -0.39 is 11.6 Å². The van der Waals surface area contributed by atoms with Crippen molar-refractivity contribution < 1.29 is 8.78 Å². The molecule has 0 saturated heterocycles. The zero-order valence-corrected chi connectivity index (χ0v) is 31.2. The van der Waals surface area contributed by atoms with Gasteiger partial charge in [0.25, 0.3) is 0 Å². The Kier molecular flexibility index (Phi) is 9.03. The van der Waals surface area contributed by atoms with E-state index in [9.17, 15) is 8.78 Å². The predicted molar refractivity (Wildman–Crippen MR) is 226 cm³/mol. The molecule has 0 unspecified atom stereocenters. The van der Waals surface area contributed by atoms with Gasteiger partial charge in [-0.25, -0.2) is 43.7 Å². The summed E-state index contributed by atoms with van der Waals surface area (Å²) in [7, 11) is 0. The monoisotopic (exact) mass is 768 g/mol. The molecule has 280 valence electrons. The lowest BCUT2D eigenvalue weighted by atomic mass is 10.1. The molecule has 0 aliphatic carbocycles. The summed E-state index contributed by atoms with van der Waals surface area (Å²) in [5, 5.41) is 0. The number of aromatic nitrogens is 8. The molecule has 0 aliphatic rings. The third kappa shape index (κ3) is 7.11. The Bertz CT molecular complexity index is 2840. The molecule has 3 aromatic heterocycles. The van der Waals surface area contributed by atoms with Gasteiger partial charge < -0.3 is 0 Å². The van der Waals surface area contributed by atoms with E-state index in [2.05, 4.69) is 0 Å². The minimum Gasteiger partial charge on any atom is -0.292 e. The number of benzene rings is 7.